The Hall–Kier alpha value is -2.03. The lowest BCUT2D eigenvalue weighted by molar-refractivity contribution is 0.0990. The van der Waals surface area contributed by atoms with Crippen LogP contribution in [0, 0.1) is 6.92 Å². The number of benzene rings is 1. The molecule has 0 aliphatic carbocycles. The predicted octanol–water partition coefficient (Wildman–Crippen LogP) is 3.14. The van der Waals surface area contributed by atoms with E-state index >= 15 is 0 Å². The molecule has 0 saturated carbocycles. The van der Waals surface area contributed by atoms with Gasteiger partial charge < -0.3 is 10.3 Å². The van der Waals surface area contributed by atoms with Gasteiger partial charge >= 0.3 is 0 Å². The van der Waals surface area contributed by atoms with Crippen LogP contribution in [0.2, 0.25) is 0 Å². The molecule has 3 heteroatoms. The number of carbonyl (C=O) groups is 1. The van der Waals surface area contributed by atoms with E-state index in [4.69, 9.17) is 5.73 Å². The van der Waals surface area contributed by atoms with Crippen LogP contribution in [0.1, 0.15) is 35.9 Å². The third-order valence-electron chi connectivity index (χ3n) is 3.07. The first kappa shape index (κ1) is 12.4. The van der Waals surface area contributed by atoms with Crippen molar-refractivity contribution >= 4 is 5.91 Å². The van der Waals surface area contributed by atoms with Crippen molar-refractivity contribution < 1.29 is 4.79 Å². The molecule has 18 heavy (non-hydrogen) atoms. The number of aryl methyl sites for hydroxylation is 1. The van der Waals surface area contributed by atoms with Crippen LogP contribution in [0.5, 0.6) is 0 Å². The molecule has 1 amide bonds. The van der Waals surface area contributed by atoms with Crippen LogP contribution in [-0.2, 0) is 0 Å². The Balaban J connectivity index is 2.71. The van der Waals surface area contributed by atoms with Gasteiger partial charge in [0, 0.05) is 17.8 Å². The topological polar surface area (TPSA) is 48.0 Å². The fraction of sp³-hybridized carbons (Fsp3) is 0.267. The first-order valence-corrected chi connectivity index (χ1v) is 6.09. The second-order valence-corrected chi connectivity index (χ2v) is 4.77. The molecule has 0 aliphatic rings. The third kappa shape index (κ3) is 2.04. The summed E-state index contributed by atoms with van der Waals surface area (Å²) in [5.74, 6) is -0.379. The van der Waals surface area contributed by atoms with Crippen molar-refractivity contribution in [1.82, 2.24) is 4.57 Å². The largest absolute Gasteiger partial charge is 0.364 e. The number of primary amides is 1. The van der Waals surface area contributed by atoms with E-state index in [9.17, 15) is 4.79 Å². The summed E-state index contributed by atoms with van der Waals surface area (Å²) in [5.41, 5.74) is 9.18. The molecule has 2 rings (SSSR count). The molecule has 94 valence electrons. The first-order valence-electron chi connectivity index (χ1n) is 6.09. The monoisotopic (exact) mass is 242 g/mol. The summed E-state index contributed by atoms with van der Waals surface area (Å²) in [4.78, 5) is 11.7. The molecule has 0 fully saturated rings. The van der Waals surface area contributed by atoms with E-state index in [-0.39, 0.29) is 11.9 Å². The molecule has 1 heterocycles. The Morgan fingerprint density at radius 2 is 1.83 bits per heavy atom. The van der Waals surface area contributed by atoms with Crippen molar-refractivity contribution in [2.24, 2.45) is 5.73 Å². The van der Waals surface area contributed by atoms with Gasteiger partial charge in [-0.05, 0) is 31.9 Å². The summed E-state index contributed by atoms with van der Waals surface area (Å²) < 4.78 is 1.94. The molecule has 0 unspecified atom stereocenters. The average Bonchev–Trinajstić information content (AvgIpc) is 2.68. The first-order chi connectivity index (χ1) is 8.52. The van der Waals surface area contributed by atoms with Gasteiger partial charge in [0.15, 0.2) is 0 Å². The van der Waals surface area contributed by atoms with E-state index in [2.05, 4.69) is 0 Å². The molecule has 2 aromatic rings. The van der Waals surface area contributed by atoms with Crippen molar-refractivity contribution in [3.63, 3.8) is 0 Å². The van der Waals surface area contributed by atoms with Crippen molar-refractivity contribution in [3.8, 4) is 11.1 Å². The minimum absolute atomic E-state index is 0.212. The molecular formula is C15H18N2O. The number of hydrogen-bond acceptors (Lipinski definition) is 1. The Morgan fingerprint density at radius 3 is 2.33 bits per heavy atom. The van der Waals surface area contributed by atoms with Crippen LogP contribution < -0.4 is 5.73 Å². The highest BCUT2D eigenvalue weighted by Crippen LogP contribution is 2.30. The Labute approximate surface area is 107 Å². The summed E-state index contributed by atoms with van der Waals surface area (Å²) in [6.45, 7) is 6.09. The molecule has 0 atom stereocenters. The highest BCUT2D eigenvalue weighted by Gasteiger charge is 2.20. The molecule has 3 nitrogen and oxygen atoms in total. The van der Waals surface area contributed by atoms with Gasteiger partial charge in [0.1, 0.15) is 5.69 Å². The Bertz CT molecular complexity index is 568. The van der Waals surface area contributed by atoms with Gasteiger partial charge in [0.2, 0.25) is 0 Å². The highest BCUT2D eigenvalue weighted by molar-refractivity contribution is 5.99. The van der Waals surface area contributed by atoms with Crippen LogP contribution in [0.25, 0.3) is 11.1 Å². The number of nitrogens with two attached hydrogens (primary N) is 1. The molecular weight excluding hydrogens is 224 g/mol. The van der Waals surface area contributed by atoms with Crippen molar-refractivity contribution in [2.75, 3.05) is 0 Å². The molecule has 0 bridgehead atoms. The maximum absolute atomic E-state index is 11.7. The van der Waals surface area contributed by atoms with E-state index in [1.807, 2.05) is 61.9 Å². The Morgan fingerprint density at radius 1 is 1.22 bits per heavy atom. The van der Waals surface area contributed by atoms with Crippen LogP contribution in [0.3, 0.4) is 0 Å². The summed E-state index contributed by atoms with van der Waals surface area (Å²) in [5, 5.41) is 0. The number of hydrogen-bond donors (Lipinski definition) is 1. The van der Waals surface area contributed by atoms with Gasteiger partial charge in [0.05, 0.1) is 0 Å². The summed E-state index contributed by atoms with van der Waals surface area (Å²) in [7, 11) is 0. The molecule has 0 radical (unpaired) electrons. The number of rotatable bonds is 3. The van der Waals surface area contributed by atoms with Gasteiger partial charge in [-0.25, -0.2) is 0 Å². The Kier molecular flexibility index (Phi) is 3.24. The third-order valence-corrected chi connectivity index (χ3v) is 3.07. The summed E-state index contributed by atoms with van der Waals surface area (Å²) in [6.07, 6.45) is 1.99. The molecule has 0 spiro atoms. The zero-order chi connectivity index (χ0) is 13.3. The molecule has 0 saturated heterocycles. The normalized spacial score (nSPS) is 10.9. The van der Waals surface area contributed by atoms with E-state index in [0.29, 0.717) is 5.69 Å². The lowest BCUT2D eigenvalue weighted by Gasteiger charge is -2.12. The molecule has 1 aromatic carbocycles. The fourth-order valence-electron chi connectivity index (χ4n) is 2.28. The SMILES string of the molecule is Cc1cn(C(C)C)c(C(N)=O)c1-c1ccccc1. The predicted molar refractivity (Wildman–Crippen MR) is 73.5 cm³/mol. The highest BCUT2D eigenvalue weighted by atomic mass is 16.1. The maximum atomic E-state index is 11.7. The standard InChI is InChI=1S/C15H18N2O/c1-10(2)17-9-11(3)13(14(17)15(16)18)12-7-5-4-6-8-12/h4-10H,1-3H3,(H2,16,18). The van der Waals surface area contributed by atoms with Gasteiger partial charge in [-0.1, -0.05) is 30.3 Å². The smallest absolute Gasteiger partial charge is 0.265 e. The summed E-state index contributed by atoms with van der Waals surface area (Å²) >= 11 is 0. The van der Waals surface area contributed by atoms with Crippen molar-refractivity contribution in [2.45, 2.75) is 26.8 Å². The van der Waals surface area contributed by atoms with E-state index < -0.39 is 0 Å². The molecule has 2 N–H and O–H groups in total. The quantitative estimate of drug-likeness (QED) is 0.883. The van der Waals surface area contributed by atoms with E-state index in [1.54, 1.807) is 0 Å². The fourth-order valence-corrected chi connectivity index (χ4v) is 2.28. The average molecular weight is 242 g/mol. The second kappa shape index (κ2) is 4.69. The molecule has 0 aliphatic heterocycles. The molecule has 1 aromatic heterocycles. The minimum atomic E-state index is -0.379. The van der Waals surface area contributed by atoms with Gasteiger partial charge in [-0.2, -0.15) is 0 Å². The van der Waals surface area contributed by atoms with Gasteiger partial charge in [0.25, 0.3) is 5.91 Å². The van der Waals surface area contributed by atoms with Gasteiger partial charge in [-0.3, -0.25) is 4.79 Å². The number of carbonyl (C=O) groups excluding carboxylic acids is 1. The number of aromatic nitrogens is 1. The van der Waals surface area contributed by atoms with E-state index in [0.717, 1.165) is 16.7 Å². The summed E-state index contributed by atoms with van der Waals surface area (Å²) in [6, 6.07) is 10.1. The second-order valence-electron chi connectivity index (χ2n) is 4.77. The zero-order valence-electron chi connectivity index (χ0n) is 11.0. The van der Waals surface area contributed by atoms with Crippen molar-refractivity contribution in [1.29, 1.82) is 0 Å². The van der Waals surface area contributed by atoms with Crippen LogP contribution in [-0.4, -0.2) is 10.5 Å². The van der Waals surface area contributed by atoms with Crippen LogP contribution >= 0.6 is 0 Å². The lowest BCUT2D eigenvalue weighted by atomic mass is 10.0. The van der Waals surface area contributed by atoms with Crippen molar-refractivity contribution in [3.05, 3.63) is 47.8 Å². The van der Waals surface area contributed by atoms with Crippen LogP contribution in [0.15, 0.2) is 36.5 Å². The van der Waals surface area contributed by atoms with Gasteiger partial charge in [-0.15, -0.1) is 0 Å². The van der Waals surface area contributed by atoms with E-state index in [1.165, 1.54) is 0 Å². The van der Waals surface area contributed by atoms with Crippen LogP contribution in [0.4, 0.5) is 0 Å². The minimum Gasteiger partial charge on any atom is -0.364 e. The number of amides is 1. The lowest BCUT2D eigenvalue weighted by Crippen LogP contribution is -2.18. The zero-order valence-corrected chi connectivity index (χ0v) is 11.0. The number of nitrogens with zero attached hydrogens (tertiary/aromatic N) is 1. The maximum Gasteiger partial charge on any atom is 0.265 e.